The van der Waals surface area contributed by atoms with Crippen LogP contribution in [-0.4, -0.2) is 55.9 Å². The van der Waals surface area contributed by atoms with E-state index in [1.165, 1.54) is 25.9 Å². The SMILES string of the molecule is CN1CCC(N(C)CC2Oc3ccccc3O2)CC1. The third-order valence-electron chi connectivity index (χ3n) is 4.11. The second kappa shape index (κ2) is 5.39. The number of benzene rings is 1. The summed E-state index contributed by atoms with van der Waals surface area (Å²) in [4.78, 5) is 4.77. The highest BCUT2D eigenvalue weighted by atomic mass is 16.7. The third-order valence-corrected chi connectivity index (χ3v) is 4.11. The van der Waals surface area contributed by atoms with Gasteiger partial charge in [0.1, 0.15) is 0 Å². The second-order valence-electron chi connectivity index (χ2n) is 5.59. The monoisotopic (exact) mass is 262 g/mol. The second-order valence-corrected chi connectivity index (χ2v) is 5.59. The van der Waals surface area contributed by atoms with E-state index in [2.05, 4.69) is 23.9 Å². The lowest BCUT2D eigenvalue weighted by Crippen LogP contribution is -2.45. The van der Waals surface area contributed by atoms with Crippen molar-refractivity contribution in [2.24, 2.45) is 0 Å². The van der Waals surface area contributed by atoms with Gasteiger partial charge in [-0.2, -0.15) is 0 Å². The van der Waals surface area contributed by atoms with Gasteiger partial charge in [-0.1, -0.05) is 12.1 Å². The lowest BCUT2D eigenvalue weighted by molar-refractivity contribution is 0.00357. The van der Waals surface area contributed by atoms with Gasteiger partial charge in [-0.25, -0.2) is 0 Å². The Hall–Kier alpha value is -1.26. The average Bonchev–Trinajstić information content (AvgIpc) is 2.81. The van der Waals surface area contributed by atoms with Crippen molar-refractivity contribution in [3.63, 3.8) is 0 Å². The zero-order chi connectivity index (χ0) is 13.2. The number of piperidine rings is 1. The molecule has 0 aromatic heterocycles. The maximum atomic E-state index is 5.82. The largest absolute Gasteiger partial charge is 0.450 e. The van der Waals surface area contributed by atoms with Gasteiger partial charge in [0.2, 0.25) is 0 Å². The Bertz CT molecular complexity index is 405. The van der Waals surface area contributed by atoms with Crippen LogP contribution in [-0.2, 0) is 0 Å². The molecule has 0 bridgehead atoms. The fourth-order valence-electron chi connectivity index (χ4n) is 2.85. The Morgan fingerprint density at radius 2 is 1.74 bits per heavy atom. The zero-order valence-electron chi connectivity index (χ0n) is 11.7. The fraction of sp³-hybridized carbons (Fsp3) is 0.600. The van der Waals surface area contributed by atoms with Gasteiger partial charge in [-0.3, -0.25) is 4.90 Å². The van der Waals surface area contributed by atoms with Crippen LogP contribution in [0.5, 0.6) is 11.5 Å². The highest BCUT2D eigenvalue weighted by molar-refractivity contribution is 5.41. The van der Waals surface area contributed by atoms with Crippen LogP contribution in [0.3, 0.4) is 0 Å². The first-order valence-electron chi connectivity index (χ1n) is 7.03. The van der Waals surface area contributed by atoms with Crippen LogP contribution in [0.25, 0.3) is 0 Å². The number of para-hydroxylation sites is 2. The van der Waals surface area contributed by atoms with Gasteiger partial charge < -0.3 is 14.4 Å². The van der Waals surface area contributed by atoms with Crippen molar-refractivity contribution in [1.82, 2.24) is 9.80 Å². The Labute approximate surface area is 114 Å². The van der Waals surface area contributed by atoms with Crippen LogP contribution in [0.4, 0.5) is 0 Å². The predicted octanol–water partition coefficient (Wildman–Crippen LogP) is 1.81. The highest BCUT2D eigenvalue weighted by Gasteiger charge is 2.28. The number of ether oxygens (including phenoxy) is 2. The summed E-state index contributed by atoms with van der Waals surface area (Å²) < 4.78 is 11.6. The Balaban J connectivity index is 1.53. The molecule has 0 radical (unpaired) electrons. The summed E-state index contributed by atoms with van der Waals surface area (Å²) in [6.45, 7) is 3.19. The first-order valence-corrected chi connectivity index (χ1v) is 7.03. The van der Waals surface area contributed by atoms with Gasteiger partial charge in [-0.15, -0.1) is 0 Å². The molecular formula is C15H22N2O2. The molecule has 1 aromatic rings. The number of likely N-dealkylation sites (N-methyl/N-ethyl adjacent to an activating group) is 1. The molecule has 1 saturated heterocycles. The molecule has 19 heavy (non-hydrogen) atoms. The highest BCUT2D eigenvalue weighted by Crippen LogP contribution is 2.34. The van der Waals surface area contributed by atoms with Crippen molar-refractivity contribution in [3.05, 3.63) is 24.3 Å². The minimum Gasteiger partial charge on any atom is -0.450 e. The Morgan fingerprint density at radius 1 is 1.16 bits per heavy atom. The van der Waals surface area contributed by atoms with Gasteiger partial charge >= 0.3 is 0 Å². The number of likely N-dealkylation sites (tertiary alicyclic amines) is 1. The number of hydrogen-bond acceptors (Lipinski definition) is 4. The van der Waals surface area contributed by atoms with Gasteiger partial charge in [0.15, 0.2) is 11.5 Å². The maximum Gasteiger partial charge on any atom is 0.254 e. The summed E-state index contributed by atoms with van der Waals surface area (Å²) in [5.41, 5.74) is 0. The number of hydrogen-bond donors (Lipinski definition) is 0. The lowest BCUT2D eigenvalue weighted by atomic mass is 10.0. The number of fused-ring (bicyclic) bond motifs is 1. The van der Waals surface area contributed by atoms with Gasteiger partial charge in [0.25, 0.3) is 6.29 Å². The van der Waals surface area contributed by atoms with Crippen LogP contribution in [0.1, 0.15) is 12.8 Å². The summed E-state index contributed by atoms with van der Waals surface area (Å²) in [6.07, 6.45) is 2.29. The van der Waals surface area contributed by atoms with Crippen molar-refractivity contribution in [2.45, 2.75) is 25.2 Å². The number of rotatable bonds is 3. The van der Waals surface area contributed by atoms with Crippen LogP contribution in [0.15, 0.2) is 24.3 Å². The van der Waals surface area contributed by atoms with E-state index in [1.54, 1.807) is 0 Å². The summed E-state index contributed by atoms with van der Waals surface area (Å²) in [5.74, 6) is 1.73. The normalized spacial score (nSPS) is 21.2. The van der Waals surface area contributed by atoms with E-state index in [-0.39, 0.29) is 6.29 Å². The summed E-state index contributed by atoms with van der Waals surface area (Å²) >= 11 is 0. The molecule has 1 aromatic carbocycles. The molecule has 0 unspecified atom stereocenters. The van der Waals surface area contributed by atoms with E-state index < -0.39 is 0 Å². The maximum absolute atomic E-state index is 5.82. The Kier molecular flexibility index (Phi) is 3.62. The minimum atomic E-state index is -0.165. The fourth-order valence-corrected chi connectivity index (χ4v) is 2.85. The van der Waals surface area contributed by atoms with Crippen LogP contribution in [0.2, 0.25) is 0 Å². The summed E-state index contributed by atoms with van der Waals surface area (Å²) in [5, 5.41) is 0. The molecule has 0 N–H and O–H groups in total. The van der Waals surface area contributed by atoms with Gasteiger partial charge in [0, 0.05) is 6.04 Å². The standard InChI is InChI=1S/C15H22N2O2/c1-16-9-7-12(8-10-16)17(2)11-15-18-13-5-3-4-6-14(13)19-15/h3-6,12,15H,7-11H2,1-2H3. The molecule has 4 nitrogen and oxygen atoms in total. The van der Waals surface area contributed by atoms with Gasteiger partial charge in [-0.05, 0) is 52.2 Å². The van der Waals surface area contributed by atoms with E-state index in [0.717, 1.165) is 18.0 Å². The van der Waals surface area contributed by atoms with Crippen molar-refractivity contribution in [3.8, 4) is 11.5 Å². The molecule has 1 fully saturated rings. The topological polar surface area (TPSA) is 24.9 Å². The van der Waals surface area contributed by atoms with E-state index >= 15 is 0 Å². The van der Waals surface area contributed by atoms with E-state index in [9.17, 15) is 0 Å². The molecule has 0 spiro atoms. The average molecular weight is 262 g/mol. The van der Waals surface area contributed by atoms with Crippen molar-refractivity contribution < 1.29 is 9.47 Å². The molecule has 4 heteroatoms. The molecule has 2 aliphatic heterocycles. The van der Waals surface area contributed by atoms with Crippen LogP contribution < -0.4 is 9.47 Å². The van der Waals surface area contributed by atoms with Gasteiger partial charge in [0.05, 0.1) is 6.54 Å². The molecule has 0 aliphatic carbocycles. The third kappa shape index (κ3) is 2.85. The van der Waals surface area contributed by atoms with Crippen LogP contribution in [0, 0.1) is 0 Å². The minimum absolute atomic E-state index is 0.165. The zero-order valence-corrected chi connectivity index (χ0v) is 11.7. The molecule has 3 rings (SSSR count). The quantitative estimate of drug-likeness (QED) is 0.829. The first kappa shape index (κ1) is 12.8. The number of nitrogens with zero attached hydrogens (tertiary/aromatic N) is 2. The van der Waals surface area contributed by atoms with E-state index in [1.807, 2.05) is 24.3 Å². The Morgan fingerprint density at radius 3 is 2.32 bits per heavy atom. The molecular weight excluding hydrogens is 240 g/mol. The van der Waals surface area contributed by atoms with Crippen molar-refractivity contribution >= 4 is 0 Å². The summed E-state index contributed by atoms with van der Waals surface area (Å²) in [7, 11) is 4.36. The molecule has 0 saturated carbocycles. The molecule has 2 aliphatic rings. The van der Waals surface area contributed by atoms with E-state index in [0.29, 0.717) is 6.04 Å². The summed E-state index contributed by atoms with van der Waals surface area (Å²) in [6, 6.07) is 8.53. The molecule has 2 heterocycles. The molecule has 104 valence electrons. The smallest absolute Gasteiger partial charge is 0.254 e. The van der Waals surface area contributed by atoms with Crippen molar-refractivity contribution in [2.75, 3.05) is 33.7 Å². The lowest BCUT2D eigenvalue weighted by Gasteiger charge is -2.35. The molecule has 0 atom stereocenters. The van der Waals surface area contributed by atoms with E-state index in [4.69, 9.17) is 9.47 Å². The first-order chi connectivity index (χ1) is 9.22. The van der Waals surface area contributed by atoms with Crippen LogP contribution >= 0.6 is 0 Å². The van der Waals surface area contributed by atoms with Crippen molar-refractivity contribution in [1.29, 1.82) is 0 Å². The predicted molar refractivity (Wildman–Crippen MR) is 74.6 cm³/mol. The molecule has 0 amide bonds.